The molecule has 1 rings (SSSR count). The molecule has 0 aromatic carbocycles. The van der Waals surface area contributed by atoms with E-state index in [1.807, 2.05) is 0 Å². The normalized spacial score (nSPS) is 9.75. The summed E-state index contributed by atoms with van der Waals surface area (Å²) in [4.78, 5) is 0. The average Bonchev–Trinajstić information content (AvgIpc) is 1.98. The van der Waals surface area contributed by atoms with Crippen LogP contribution in [0.15, 0.2) is 0 Å². The lowest BCUT2D eigenvalue weighted by Crippen LogP contribution is -1.60. The maximum Gasteiger partial charge on any atom is 0.142 e. The molecule has 0 fully saturated rings. The molecule has 0 radical (unpaired) electrons. The largest absolute Gasteiger partial charge is 0.288 e. The van der Waals surface area contributed by atoms with Gasteiger partial charge in [0.05, 0.1) is 0 Å². The van der Waals surface area contributed by atoms with Gasteiger partial charge in [0.25, 0.3) is 0 Å². The number of hydrogen-bond acceptors (Lipinski definition) is 1. The predicted molar refractivity (Wildman–Crippen MR) is 36.0 cm³/mol. The molecule has 1 heterocycles. The van der Waals surface area contributed by atoms with E-state index in [0.717, 1.165) is 0 Å². The van der Waals surface area contributed by atoms with E-state index >= 15 is 0 Å². The van der Waals surface area contributed by atoms with Crippen molar-refractivity contribution in [3.63, 3.8) is 0 Å². The molecule has 44 valence electrons. The monoisotopic (exact) mass is 168 g/mol. The molecular formula is C3H2Cl2N2S. The van der Waals surface area contributed by atoms with Gasteiger partial charge < -0.3 is 0 Å². The summed E-state index contributed by atoms with van der Waals surface area (Å²) in [5.41, 5.74) is 0. The second-order valence-corrected chi connectivity index (χ2v) is 2.37. The van der Waals surface area contributed by atoms with Gasteiger partial charge in [0, 0.05) is 0 Å². The topological polar surface area (TPSA) is 31.6 Å². The van der Waals surface area contributed by atoms with Gasteiger partial charge in [-0.1, -0.05) is 35.4 Å². The minimum atomic E-state index is 0.358. The van der Waals surface area contributed by atoms with E-state index < -0.39 is 0 Å². The number of aromatic nitrogens is 2. The van der Waals surface area contributed by atoms with Crippen molar-refractivity contribution in [3.05, 3.63) is 14.8 Å². The van der Waals surface area contributed by atoms with E-state index in [1.54, 1.807) is 0 Å². The van der Waals surface area contributed by atoms with Gasteiger partial charge in [-0.2, -0.15) is 0 Å². The number of aromatic amines is 2. The third-order valence-electron chi connectivity index (χ3n) is 0.678. The molecule has 1 aromatic heterocycles. The first-order valence-electron chi connectivity index (χ1n) is 1.83. The van der Waals surface area contributed by atoms with Crippen LogP contribution in [0, 0.1) is 4.64 Å². The van der Waals surface area contributed by atoms with Crippen molar-refractivity contribution < 1.29 is 0 Å². The fourth-order valence-electron chi connectivity index (χ4n) is 0.321. The molecule has 2 N–H and O–H groups in total. The predicted octanol–water partition coefficient (Wildman–Crippen LogP) is 2.38. The molecule has 0 spiro atoms. The van der Waals surface area contributed by atoms with Crippen LogP contribution in [0.4, 0.5) is 0 Å². The first-order valence-corrected chi connectivity index (χ1v) is 3.00. The third-order valence-corrected chi connectivity index (χ3v) is 1.85. The van der Waals surface area contributed by atoms with Crippen molar-refractivity contribution >= 4 is 35.4 Å². The highest BCUT2D eigenvalue weighted by molar-refractivity contribution is 7.71. The maximum atomic E-state index is 5.49. The van der Waals surface area contributed by atoms with Gasteiger partial charge in [-0.05, 0) is 0 Å². The maximum absolute atomic E-state index is 5.49. The van der Waals surface area contributed by atoms with E-state index in [2.05, 4.69) is 22.4 Å². The zero-order valence-corrected chi connectivity index (χ0v) is 5.99. The summed E-state index contributed by atoms with van der Waals surface area (Å²) in [6.45, 7) is 0. The summed E-state index contributed by atoms with van der Waals surface area (Å²) in [5, 5.41) is 5.84. The highest BCUT2D eigenvalue weighted by Gasteiger charge is 1.97. The van der Waals surface area contributed by atoms with E-state index in [4.69, 9.17) is 23.2 Å². The molecule has 2 nitrogen and oxygen atoms in total. The number of rotatable bonds is 0. The summed E-state index contributed by atoms with van der Waals surface area (Å²) >= 11 is 15.6. The molecule has 0 bridgehead atoms. The van der Waals surface area contributed by atoms with Crippen LogP contribution in [0.2, 0.25) is 10.2 Å². The Bertz CT molecular complexity index is 238. The van der Waals surface area contributed by atoms with E-state index in [9.17, 15) is 0 Å². The fraction of sp³-hybridized carbons (Fsp3) is 0. The minimum Gasteiger partial charge on any atom is -0.288 e. The standard InChI is InChI=1S/C3H2Cl2N2S/c4-1-2(5)6-7-3(1)8/h(H2,6,7,8). The van der Waals surface area contributed by atoms with Crippen molar-refractivity contribution in [3.8, 4) is 0 Å². The molecule has 1 aromatic rings. The van der Waals surface area contributed by atoms with Crippen molar-refractivity contribution in [1.29, 1.82) is 0 Å². The Labute approximate surface area is 60.8 Å². The molecule has 0 unspecified atom stereocenters. The number of halogens is 2. The average molecular weight is 169 g/mol. The Balaban J connectivity index is 3.41. The molecular weight excluding hydrogens is 167 g/mol. The van der Waals surface area contributed by atoms with Crippen LogP contribution in [-0.2, 0) is 0 Å². The van der Waals surface area contributed by atoms with E-state index in [0.29, 0.717) is 14.8 Å². The Morgan fingerprint density at radius 3 is 2.00 bits per heavy atom. The molecule has 5 heteroatoms. The van der Waals surface area contributed by atoms with Gasteiger partial charge in [0.1, 0.15) is 14.8 Å². The lowest BCUT2D eigenvalue weighted by Gasteiger charge is -1.73. The van der Waals surface area contributed by atoms with Crippen LogP contribution in [0.1, 0.15) is 0 Å². The molecule has 0 aliphatic heterocycles. The summed E-state index contributed by atoms with van der Waals surface area (Å²) < 4.78 is 0.441. The quantitative estimate of drug-likeness (QED) is 0.574. The lowest BCUT2D eigenvalue weighted by atomic mass is 10.7. The SMILES string of the molecule is S=c1[nH][nH]c(Cl)c1Cl. The van der Waals surface area contributed by atoms with Crippen LogP contribution in [0.3, 0.4) is 0 Å². The fourth-order valence-corrected chi connectivity index (χ4v) is 0.766. The molecule has 0 aliphatic rings. The summed E-state index contributed by atoms with van der Waals surface area (Å²) in [6.07, 6.45) is 0. The third kappa shape index (κ3) is 0.891. The van der Waals surface area contributed by atoms with Crippen LogP contribution in [-0.4, -0.2) is 10.2 Å². The van der Waals surface area contributed by atoms with Crippen LogP contribution in [0.25, 0.3) is 0 Å². The summed E-state index contributed by atoms with van der Waals surface area (Å²) in [5.74, 6) is 0. The highest BCUT2D eigenvalue weighted by atomic mass is 35.5. The van der Waals surface area contributed by atoms with Gasteiger partial charge in [0.2, 0.25) is 0 Å². The second kappa shape index (κ2) is 2.09. The van der Waals surface area contributed by atoms with E-state index in [-0.39, 0.29) is 0 Å². The Morgan fingerprint density at radius 1 is 1.25 bits per heavy atom. The van der Waals surface area contributed by atoms with Gasteiger partial charge in [-0.15, -0.1) is 0 Å². The number of H-pyrrole nitrogens is 2. The molecule has 8 heavy (non-hydrogen) atoms. The number of hydrogen-bond donors (Lipinski definition) is 2. The van der Waals surface area contributed by atoms with Crippen LogP contribution >= 0.6 is 35.4 Å². The minimum absolute atomic E-state index is 0.358. The smallest absolute Gasteiger partial charge is 0.142 e. The van der Waals surface area contributed by atoms with Gasteiger partial charge >= 0.3 is 0 Å². The van der Waals surface area contributed by atoms with Crippen LogP contribution in [0.5, 0.6) is 0 Å². The van der Waals surface area contributed by atoms with Gasteiger partial charge in [-0.3, -0.25) is 10.2 Å². The van der Waals surface area contributed by atoms with Crippen LogP contribution < -0.4 is 0 Å². The first-order chi connectivity index (χ1) is 3.72. The highest BCUT2D eigenvalue weighted by Crippen LogP contribution is 2.18. The van der Waals surface area contributed by atoms with Crippen molar-refractivity contribution in [1.82, 2.24) is 10.2 Å². The van der Waals surface area contributed by atoms with E-state index in [1.165, 1.54) is 0 Å². The number of nitrogens with one attached hydrogen (secondary N) is 2. The zero-order chi connectivity index (χ0) is 6.15. The molecule has 0 amide bonds. The summed E-state index contributed by atoms with van der Waals surface area (Å²) in [6, 6.07) is 0. The molecule has 0 atom stereocenters. The Morgan fingerprint density at radius 2 is 1.88 bits per heavy atom. The van der Waals surface area contributed by atoms with Crippen molar-refractivity contribution in [2.45, 2.75) is 0 Å². The zero-order valence-electron chi connectivity index (χ0n) is 3.66. The second-order valence-electron chi connectivity index (χ2n) is 1.21. The molecule has 0 saturated heterocycles. The van der Waals surface area contributed by atoms with Gasteiger partial charge in [-0.25, -0.2) is 0 Å². The van der Waals surface area contributed by atoms with Crippen molar-refractivity contribution in [2.24, 2.45) is 0 Å². The molecule has 0 aliphatic carbocycles. The first kappa shape index (κ1) is 6.13. The summed E-state index contributed by atoms with van der Waals surface area (Å²) in [7, 11) is 0. The van der Waals surface area contributed by atoms with Crippen molar-refractivity contribution in [2.75, 3.05) is 0 Å². The lowest BCUT2D eigenvalue weighted by molar-refractivity contribution is 1.08. The Hall–Kier alpha value is 0.01000. The Kier molecular flexibility index (Phi) is 1.60. The van der Waals surface area contributed by atoms with Gasteiger partial charge in [0.15, 0.2) is 0 Å². The molecule has 0 saturated carbocycles.